The van der Waals surface area contributed by atoms with Gasteiger partial charge in [-0.15, -0.1) is 0 Å². The minimum absolute atomic E-state index is 0.203. The zero-order valence-electron chi connectivity index (χ0n) is 11.9. The third-order valence-electron chi connectivity index (χ3n) is 4.01. The van der Waals surface area contributed by atoms with Crippen LogP contribution in [0.25, 0.3) is 0 Å². The molecule has 1 saturated heterocycles. The van der Waals surface area contributed by atoms with Crippen LogP contribution in [-0.4, -0.2) is 42.5 Å². The number of nitrogen functional groups attached to an aromatic ring is 1. The van der Waals surface area contributed by atoms with Gasteiger partial charge in [0.15, 0.2) is 0 Å². The lowest BCUT2D eigenvalue weighted by Gasteiger charge is -2.28. The van der Waals surface area contributed by atoms with Crippen molar-refractivity contribution >= 4 is 5.69 Å². The number of halogens is 1. The zero-order valence-corrected chi connectivity index (χ0v) is 11.9. The van der Waals surface area contributed by atoms with E-state index in [1.807, 2.05) is 7.05 Å². The highest BCUT2D eigenvalue weighted by Gasteiger charge is 2.24. The molecule has 19 heavy (non-hydrogen) atoms. The molecule has 0 aliphatic carbocycles. The third-order valence-corrected chi connectivity index (χ3v) is 4.01. The van der Waals surface area contributed by atoms with Crippen molar-refractivity contribution in [1.29, 1.82) is 0 Å². The summed E-state index contributed by atoms with van der Waals surface area (Å²) in [4.78, 5) is 4.68. The van der Waals surface area contributed by atoms with Gasteiger partial charge in [-0.05, 0) is 45.1 Å². The standard InChI is InChI=1S/C15H24FN3/c1-3-19-9-5-6-12(19)10-18(2)11-13-14(16)7-4-8-15(13)17/h4,7-8,12H,3,5-6,9-11,17H2,1-2H3. The highest BCUT2D eigenvalue weighted by atomic mass is 19.1. The number of likely N-dealkylation sites (tertiary alicyclic amines) is 1. The first-order valence-corrected chi connectivity index (χ1v) is 7.07. The molecular formula is C15H24FN3. The van der Waals surface area contributed by atoms with Crippen LogP contribution in [-0.2, 0) is 6.54 Å². The second-order valence-corrected chi connectivity index (χ2v) is 5.43. The molecule has 1 heterocycles. The molecule has 0 saturated carbocycles. The fraction of sp³-hybridized carbons (Fsp3) is 0.600. The number of anilines is 1. The Hall–Kier alpha value is -1.13. The van der Waals surface area contributed by atoms with Crippen molar-refractivity contribution in [3.8, 4) is 0 Å². The lowest BCUT2D eigenvalue weighted by Crippen LogP contribution is -2.38. The van der Waals surface area contributed by atoms with Crippen molar-refractivity contribution < 1.29 is 4.39 Å². The van der Waals surface area contributed by atoms with Gasteiger partial charge < -0.3 is 10.6 Å². The number of rotatable bonds is 5. The highest BCUT2D eigenvalue weighted by molar-refractivity contribution is 5.47. The average Bonchev–Trinajstić information content (AvgIpc) is 2.81. The van der Waals surface area contributed by atoms with Crippen LogP contribution in [0.3, 0.4) is 0 Å². The molecule has 1 aliphatic rings. The summed E-state index contributed by atoms with van der Waals surface area (Å²) in [6, 6.07) is 5.50. The van der Waals surface area contributed by atoms with Crippen molar-refractivity contribution in [3.63, 3.8) is 0 Å². The molecular weight excluding hydrogens is 241 g/mol. The van der Waals surface area contributed by atoms with Gasteiger partial charge in [-0.3, -0.25) is 4.90 Å². The number of nitrogens with zero attached hydrogens (tertiary/aromatic N) is 2. The number of hydrogen-bond acceptors (Lipinski definition) is 3. The molecule has 106 valence electrons. The van der Waals surface area contributed by atoms with E-state index in [-0.39, 0.29) is 5.82 Å². The van der Waals surface area contributed by atoms with E-state index in [0.29, 0.717) is 23.8 Å². The van der Waals surface area contributed by atoms with Crippen molar-refractivity contribution in [3.05, 3.63) is 29.6 Å². The van der Waals surface area contributed by atoms with Crippen LogP contribution < -0.4 is 5.73 Å². The first-order valence-electron chi connectivity index (χ1n) is 7.07. The summed E-state index contributed by atoms with van der Waals surface area (Å²) in [5.74, 6) is -0.203. The van der Waals surface area contributed by atoms with Gasteiger partial charge in [0, 0.05) is 30.4 Å². The maximum absolute atomic E-state index is 13.8. The van der Waals surface area contributed by atoms with Crippen LogP contribution in [0.1, 0.15) is 25.3 Å². The van der Waals surface area contributed by atoms with Crippen LogP contribution in [0.4, 0.5) is 10.1 Å². The predicted octanol–water partition coefficient (Wildman–Crippen LogP) is 2.32. The zero-order chi connectivity index (χ0) is 13.8. The number of hydrogen-bond donors (Lipinski definition) is 1. The number of nitrogens with two attached hydrogens (primary N) is 1. The monoisotopic (exact) mass is 265 g/mol. The van der Waals surface area contributed by atoms with E-state index >= 15 is 0 Å². The normalized spacial score (nSPS) is 20.3. The van der Waals surface area contributed by atoms with Gasteiger partial charge in [-0.1, -0.05) is 13.0 Å². The Morgan fingerprint density at radius 1 is 1.47 bits per heavy atom. The van der Waals surface area contributed by atoms with Gasteiger partial charge in [-0.25, -0.2) is 4.39 Å². The van der Waals surface area contributed by atoms with E-state index in [2.05, 4.69) is 16.7 Å². The molecule has 1 aromatic rings. The second-order valence-electron chi connectivity index (χ2n) is 5.43. The lowest BCUT2D eigenvalue weighted by molar-refractivity contribution is 0.194. The fourth-order valence-electron chi connectivity index (χ4n) is 2.95. The predicted molar refractivity (Wildman–Crippen MR) is 77.4 cm³/mol. The highest BCUT2D eigenvalue weighted by Crippen LogP contribution is 2.20. The van der Waals surface area contributed by atoms with Crippen LogP contribution >= 0.6 is 0 Å². The van der Waals surface area contributed by atoms with Gasteiger partial charge >= 0.3 is 0 Å². The molecule has 1 fully saturated rings. The van der Waals surface area contributed by atoms with Crippen molar-refractivity contribution in [2.24, 2.45) is 0 Å². The summed E-state index contributed by atoms with van der Waals surface area (Å²) in [5.41, 5.74) is 7.02. The SMILES string of the molecule is CCN1CCCC1CN(C)Cc1c(N)cccc1F. The van der Waals surface area contributed by atoms with Gasteiger partial charge in [0.25, 0.3) is 0 Å². The molecule has 0 aromatic heterocycles. The molecule has 0 bridgehead atoms. The average molecular weight is 265 g/mol. The van der Waals surface area contributed by atoms with Crippen molar-refractivity contribution in [1.82, 2.24) is 9.80 Å². The van der Waals surface area contributed by atoms with Gasteiger partial charge in [0.05, 0.1) is 0 Å². The molecule has 2 rings (SSSR count). The summed E-state index contributed by atoms with van der Waals surface area (Å²) in [7, 11) is 2.04. The Labute approximate surface area is 115 Å². The minimum Gasteiger partial charge on any atom is -0.398 e. The molecule has 4 heteroatoms. The van der Waals surface area contributed by atoms with Crippen molar-refractivity contribution in [2.45, 2.75) is 32.4 Å². The van der Waals surface area contributed by atoms with E-state index in [1.54, 1.807) is 12.1 Å². The topological polar surface area (TPSA) is 32.5 Å². The number of likely N-dealkylation sites (N-methyl/N-ethyl adjacent to an activating group) is 2. The first-order chi connectivity index (χ1) is 9.11. The van der Waals surface area contributed by atoms with Crippen molar-refractivity contribution in [2.75, 3.05) is 32.4 Å². The summed E-state index contributed by atoms with van der Waals surface area (Å²) in [6.07, 6.45) is 2.51. The van der Waals surface area contributed by atoms with E-state index < -0.39 is 0 Å². The molecule has 1 aromatic carbocycles. The summed E-state index contributed by atoms with van der Waals surface area (Å²) < 4.78 is 13.8. The van der Waals surface area contributed by atoms with Gasteiger partial charge in [-0.2, -0.15) is 0 Å². The molecule has 1 unspecified atom stereocenters. The van der Waals surface area contributed by atoms with Crippen LogP contribution in [0.2, 0.25) is 0 Å². The molecule has 0 spiro atoms. The van der Waals surface area contributed by atoms with E-state index in [4.69, 9.17) is 5.73 Å². The van der Waals surface area contributed by atoms with E-state index in [1.165, 1.54) is 25.5 Å². The molecule has 0 amide bonds. The van der Waals surface area contributed by atoms with Crippen LogP contribution in [0.15, 0.2) is 18.2 Å². The molecule has 1 aliphatic heterocycles. The smallest absolute Gasteiger partial charge is 0.129 e. The lowest BCUT2D eigenvalue weighted by atomic mass is 10.1. The largest absolute Gasteiger partial charge is 0.398 e. The Kier molecular flexibility index (Phi) is 4.77. The van der Waals surface area contributed by atoms with Crippen LogP contribution in [0, 0.1) is 5.82 Å². The maximum atomic E-state index is 13.8. The molecule has 1 atom stereocenters. The Balaban J connectivity index is 1.96. The van der Waals surface area contributed by atoms with Crippen LogP contribution in [0.5, 0.6) is 0 Å². The number of benzene rings is 1. The summed E-state index contributed by atoms with van der Waals surface area (Å²) in [5, 5.41) is 0. The van der Waals surface area contributed by atoms with Gasteiger partial charge in [0.1, 0.15) is 5.82 Å². The second kappa shape index (κ2) is 6.35. The van der Waals surface area contributed by atoms with E-state index in [0.717, 1.165) is 13.1 Å². The fourth-order valence-corrected chi connectivity index (χ4v) is 2.95. The minimum atomic E-state index is -0.203. The molecule has 2 N–H and O–H groups in total. The molecule has 3 nitrogen and oxygen atoms in total. The quantitative estimate of drug-likeness (QED) is 0.829. The summed E-state index contributed by atoms with van der Waals surface area (Å²) in [6.45, 7) is 6.04. The van der Waals surface area contributed by atoms with E-state index in [9.17, 15) is 4.39 Å². The third kappa shape index (κ3) is 3.45. The first kappa shape index (κ1) is 14.3. The Morgan fingerprint density at radius 2 is 2.26 bits per heavy atom. The Morgan fingerprint density at radius 3 is 2.95 bits per heavy atom. The summed E-state index contributed by atoms with van der Waals surface area (Å²) >= 11 is 0. The Bertz CT molecular complexity index is 402. The maximum Gasteiger partial charge on any atom is 0.129 e. The molecule has 0 radical (unpaired) electrons. The van der Waals surface area contributed by atoms with Gasteiger partial charge in [0.2, 0.25) is 0 Å².